The van der Waals surface area contributed by atoms with Crippen LogP contribution < -0.4 is 0 Å². The summed E-state index contributed by atoms with van der Waals surface area (Å²) in [4.78, 5) is 10.8. The van der Waals surface area contributed by atoms with Crippen LogP contribution in [0.2, 0.25) is 10.0 Å². The van der Waals surface area contributed by atoms with Gasteiger partial charge in [-0.2, -0.15) is 8.78 Å². The first-order chi connectivity index (χ1) is 6.89. The van der Waals surface area contributed by atoms with Crippen molar-refractivity contribution in [3.63, 3.8) is 0 Å². The lowest BCUT2D eigenvalue weighted by molar-refractivity contribution is -0.170. The second-order valence-electron chi connectivity index (χ2n) is 2.69. The lowest BCUT2D eigenvalue weighted by atomic mass is 10.1. The van der Waals surface area contributed by atoms with Gasteiger partial charge in [0, 0.05) is 5.02 Å². The first kappa shape index (κ1) is 12.2. The van der Waals surface area contributed by atoms with Gasteiger partial charge in [0.25, 0.3) is 0 Å². The van der Waals surface area contributed by atoms with Crippen molar-refractivity contribution in [1.29, 1.82) is 0 Å². The van der Waals surface area contributed by atoms with E-state index in [1.807, 2.05) is 0 Å². The van der Waals surface area contributed by atoms with Crippen molar-refractivity contribution >= 4 is 29.2 Å². The van der Waals surface area contributed by atoms with Crippen molar-refractivity contribution < 1.29 is 18.3 Å². The average molecular weight is 255 g/mol. The maximum absolute atomic E-state index is 13.3. The van der Waals surface area contributed by atoms with E-state index in [1.165, 1.54) is 6.07 Å². The van der Waals surface area contributed by atoms with E-state index in [0.717, 1.165) is 19.2 Å². The molecule has 15 heavy (non-hydrogen) atoms. The molecule has 0 saturated heterocycles. The van der Waals surface area contributed by atoms with Gasteiger partial charge in [-0.15, -0.1) is 0 Å². The van der Waals surface area contributed by atoms with Crippen LogP contribution in [0.4, 0.5) is 8.78 Å². The van der Waals surface area contributed by atoms with E-state index in [0.29, 0.717) is 0 Å². The first-order valence-electron chi connectivity index (χ1n) is 3.81. The molecule has 1 aromatic carbocycles. The second-order valence-corrected chi connectivity index (χ2v) is 3.53. The Labute approximate surface area is 94.7 Å². The SMILES string of the molecule is COC(=O)C(F)(F)c1ccc(Cl)cc1Cl. The third-order valence-corrected chi connectivity index (χ3v) is 2.26. The molecule has 0 atom stereocenters. The number of benzene rings is 1. The normalized spacial score (nSPS) is 11.3. The Morgan fingerprint density at radius 3 is 2.47 bits per heavy atom. The highest BCUT2D eigenvalue weighted by Gasteiger charge is 2.43. The number of ether oxygens (including phenoxy) is 1. The van der Waals surface area contributed by atoms with E-state index in [-0.39, 0.29) is 10.0 Å². The average Bonchev–Trinajstić information content (AvgIpc) is 2.15. The quantitative estimate of drug-likeness (QED) is 0.758. The molecule has 0 amide bonds. The number of hydrogen-bond donors (Lipinski definition) is 0. The molecule has 0 heterocycles. The maximum atomic E-state index is 13.3. The molecular weight excluding hydrogens is 249 g/mol. The van der Waals surface area contributed by atoms with Crippen LogP contribution in [0.25, 0.3) is 0 Å². The molecule has 0 N–H and O–H groups in total. The van der Waals surface area contributed by atoms with Crippen molar-refractivity contribution in [2.45, 2.75) is 5.92 Å². The number of carbonyl (C=O) groups excluding carboxylic acids is 1. The molecule has 0 fully saturated rings. The molecule has 0 unspecified atom stereocenters. The number of hydrogen-bond acceptors (Lipinski definition) is 2. The van der Waals surface area contributed by atoms with Crippen LogP contribution in [-0.2, 0) is 15.5 Å². The monoisotopic (exact) mass is 254 g/mol. The summed E-state index contributed by atoms with van der Waals surface area (Å²) in [6, 6.07) is 3.34. The number of halogens is 4. The van der Waals surface area contributed by atoms with Gasteiger partial charge in [-0.25, -0.2) is 4.79 Å². The van der Waals surface area contributed by atoms with Gasteiger partial charge in [-0.1, -0.05) is 23.2 Å². The van der Waals surface area contributed by atoms with Gasteiger partial charge in [0.1, 0.15) is 0 Å². The Bertz CT molecular complexity index is 394. The molecule has 0 bridgehead atoms. The third kappa shape index (κ3) is 2.38. The summed E-state index contributed by atoms with van der Waals surface area (Å²) >= 11 is 11.1. The smallest absolute Gasteiger partial charge is 0.381 e. The summed E-state index contributed by atoms with van der Waals surface area (Å²) in [5.74, 6) is -5.43. The van der Waals surface area contributed by atoms with E-state index in [2.05, 4.69) is 4.74 Å². The Hall–Kier alpha value is -0.870. The molecule has 0 radical (unpaired) electrons. The third-order valence-electron chi connectivity index (χ3n) is 1.71. The topological polar surface area (TPSA) is 26.3 Å². The van der Waals surface area contributed by atoms with Gasteiger partial charge in [0.15, 0.2) is 0 Å². The maximum Gasteiger partial charge on any atom is 0.381 e. The predicted molar refractivity (Wildman–Crippen MR) is 52.4 cm³/mol. The number of methoxy groups -OCH3 is 1. The van der Waals surface area contributed by atoms with Crippen LogP contribution in [0, 0.1) is 0 Å². The zero-order chi connectivity index (χ0) is 11.6. The zero-order valence-electron chi connectivity index (χ0n) is 7.56. The van der Waals surface area contributed by atoms with Crippen LogP contribution in [0.1, 0.15) is 5.56 Å². The molecule has 1 aromatic rings. The van der Waals surface area contributed by atoms with Crippen LogP contribution in [0.5, 0.6) is 0 Å². The van der Waals surface area contributed by atoms with E-state index >= 15 is 0 Å². The molecule has 0 aliphatic carbocycles. The second kappa shape index (κ2) is 4.33. The van der Waals surface area contributed by atoms with E-state index in [4.69, 9.17) is 23.2 Å². The fourth-order valence-electron chi connectivity index (χ4n) is 0.982. The minimum absolute atomic E-state index is 0.212. The van der Waals surface area contributed by atoms with Crippen molar-refractivity contribution in [2.75, 3.05) is 7.11 Å². The Kier molecular flexibility index (Phi) is 3.52. The standard InChI is InChI=1S/C9H6Cl2F2O2/c1-15-8(14)9(12,13)6-3-2-5(10)4-7(6)11/h2-4H,1H3. The summed E-state index contributed by atoms with van der Waals surface area (Å²) in [5.41, 5.74) is -0.625. The summed E-state index contributed by atoms with van der Waals surface area (Å²) in [7, 11) is 0.875. The van der Waals surface area contributed by atoms with E-state index < -0.39 is 17.5 Å². The summed E-state index contributed by atoms with van der Waals surface area (Å²) in [6.45, 7) is 0. The van der Waals surface area contributed by atoms with Crippen molar-refractivity contribution in [1.82, 2.24) is 0 Å². The highest BCUT2D eigenvalue weighted by atomic mass is 35.5. The van der Waals surface area contributed by atoms with Crippen molar-refractivity contribution in [3.05, 3.63) is 33.8 Å². The zero-order valence-corrected chi connectivity index (χ0v) is 9.07. The molecule has 82 valence electrons. The van der Waals surface area contributed by atoms with Crippen LogP contribution in [0.15, 0.2) is 18.2 Å². The number of alkyl halides is 2. The Balaban J connectivity index is 3.21. The molecule has 0 aliphatic rings. The van der Waals surface area contributed by atoms with Gasteiger partial charge in [-0.05, 0) is 18.2 Å². The molecule has 0 spiro atoms. The molecule has 2 nitrogen and oxygen atoms in total. The van der Waals surface area contributed by atoms with Crippen molar-refractivity contribution in [2.24, 2.45) is 0 Å². The minimum atomic E-state index is -3.77. The Morgan fingerprint density at radius 2 is 2.00 bits per heavy atom. The van der Waals surface area contributed by atoms with Crippen LogP contribution >= 0.6 is 23.2 Å². The summed E-state index contributed by atoms with van der Waals surface area (Å²) < 4.78 is 30.7. The minimum Gasteiger partial charge on any atom is -0.464 e. The molecule has 0 saturated carbocycles. The van der Waals surface area contributed by atoms with Gasteiger partial charge in [0.05, 0.1) is 17.7 Å². The summed E-state index contributed by atoms with van der Waals surface area (Å²) in [6.07, 6.45) is 0. The van der Waals surface area contributed by atoms with Gasteiger partial charge in [0.2, 0.25) is 0 Å². The largest absolute Gasteiger partial charge is 0.464 e. The molecule has 1 rings (SSSR count). The predicted octanol–water partition coefficient (Wildman–Crippen LogP) is 3.26. The van der Waals surface area contributed by atoms with Gasteiger partial charge in [-0.3, -0.25) is 0 Å². The van der Waals surface area contributed by atoms with Gasteiger partial charge < -0.3 is 4.74 Å². The Morgan fingerprint density at radius 1 is 1.40 bits per heavy atom. The number of rotatable bonds is 2. The molecular formula is C9H6Cl2F2O2. The first-order valence-corrected chi connectivity index (χ1v) is 4.57. The van der Waals surface area contributed by atoms with Crippen LogP contribution in [-0.4, -0.2) is 13.1 Å². The van der Waals surface area contributed by atoms with E-state index in [9.17, 15) is 13.6 Å². The molecule has 0 aromatic heterocycles. The summed E-state index contributed by atoms with van der Waals surface area (Å²) in [5, 5.41) is -0.0673. The number of esters is 1. The molecule has 6 heteroatoms. The lowest BCUT2D eigenvalue weighted by Crippen LogP contribution is -2.27. The highest BCUT2D eigenvalue weighted by Crippen LogP contribution is 2.35. The van der Waals surface area contributed by atoms with Crippen molar-refractivity contribution in [3.8, 4) is 0 Å². The molecule has 0 aliphatic heterocycles. The fourth-order valence-corrected chi connectivity index (χ4v) is 1.51. The van der Waals surface area contributed by atoms with Crippen LogP contribution in [0.3, 0.4) is 0 Å². The fraction of sp³-hybridized carbons (Fsp3) is 0.222. The highest BCUT2D eigenvalue weighted by molar-refractivity contribution is 6.35. The number of carbonyl (C=O) groups is 1. The van der Waals surface area contributed by atoms with E-state index in [1.54, 1.807) is 0 Å². The lowest BCUT2D eigenvalue weighted by Gasteiger charge is -2.15. The van der Waals surface area contributed by atoms with Gasteiger partial charge >= 0.3 is 11.9 Å².